The van der Waals surface area contributed by atoms with Gasteiger partial charge in [-0.2, -0.15) is 12.6 Å². The van der Waals surface area contributed by atoms with E-state index in [2.05, 4.69) is 30.9 Å². The minimum atomic E-state index is 1.01. The van der Waals surface area contributed by atoms with Crippen LogP contribution < -0.4 is 0 Å². The van der Waals surface area contributed by atoms with E-state index >= 15 is 0 Å². The predicted octanol–water partition coefficient (Wildman–Crippen LogP) is 2.58. The molecule has 0 aromatic heterocycles. The Hall–Kier alpha value is -0.170. The van der Waals surface area contributed by atoms with Crippen LogP contribution in [0, 0.1) is 0 Å². The molecule has 0 saturated carbocycles. The Balaban J connectivity index is 2.14. The average molecular weight is 140 g/mol. The molecule has 0 N–H and O–H groups in total. The van der Waals surface area contributed by atoms with E-state index in [-0.39, 0.29) is 0 Å². The van der Waals surface area contributed by atoms with Crippen molar-refractivity contribution in [1.29, 1.82) is 0 Å². The lowest BCUT2D eigenvalue weighted by Crippen LogP contribution is -1.79. The topological polar surface area (TPSA) is 0 Å². The fraction of sp³-hybridized carbons (Fsp3) is 0.500. The van der Waals surface area contributed by atoms with Gasteiger partial charge in [-0.05, 0) is 25.0 Å². The molecule has 0 amide bonds. The van der Waals surface area contributed by atoms with Gasteiger partial charge in [0.15, 0.2) is 0 Å². The maximum absolute atomic E-state index is 4.15. The maximum Gasteiger partial charge on any atom is -0.00949 e. The quantitative estimate of drug-likeness (QED) is 0.572. The summed E-state index contributed by atoms with van der Waals surface area (Å²) in [6.07, 6.45) is 10.2. The van der Waals surface area contributed by atoms with Crippen LogP contribution in [-0.4, -0.2) is 5.75 Å². The fourth-order valence-corrected chi connectivity index (χ4v) is 1.14. The summed E-state index contributed by atoms with van der Waals surface area (Å²) in [7, 11) is 0. The first kappa shape index (κ1) is 6.94. The number of hydrogen-bond donors (Lipinski definition) is 1. The summed E-state index contributed by atoms with van der Waals surface area (Å²) in [5, 5.41) is 0. The summed E-state index contributed by atoms with van der Waals surface area (Å²) in [6.45, 7) is 0. The maximum atomic E-state index is 4.15. The summed E-state index contributed by atoms with van der Waals surface area (Å²) in [5.41, 5.74) is 1.56. The molecule has 0 atom stereocenters. The smallest absolute Gasteiger partial charge is 0.00949 e. The summed E-state index contributed by atoms with van der Waals surface area (Å²) < 4.78 is 0. The van der Waals surface area contributed by atoms with Crippen LogP contribution >= 0.6 is 12.6 Å². The molecule has 0 nitrogen and oxygen atoms in total. The Kier molecular flexibility index (Phi) is 2.92. The van der Waals surface area contributed by atoms with Crippen molar-refractivity contribution in [2.75, 3.05) is 5.75 Å². The van der Waals surface area contributed by atoms with Crippen molar-refractivity contribution in [1.82, 2.24) is 0 Å². The Morgan fingerprint density at radius 3 is 3.00 bits per heavy atom. The van der Waals surface area contributed by atoms with Gasteiger partial charge in [0, 0.05) is 0 Å². The molecule has 0 bridgehead atoms. The second kappa shape index (κ2) is 3.78. The van der Waals surface area contributed by atoms with Crippen LogP contribution in [0.25, 0.3) is 0 Å². The number of allylic oxidation sites excluding steroid dienone is 4. The second-order valence-corrected chi connectivity index (χ2v) is 2.73. The second-order valence-electron chi connectivity index (χ2n) is 2.28. The Bertz CT molecular complexity index is 134. The molecule has 0 fully saturated rings. The summed E-state index contributed by atoms with van der Waals surface area (Å²) in [4.78, 5) is 0. The van der Waals surface area contributed by atoms with Gasteiger partial charge in [-0.15, -0.1) is 0 Å². The number of rotatable bonds is 3. The molecule has 0 radical (unpaired) electrons. The Morgan fingerprint density at radius 2 is 2.44 bits per heavy atom. The molecule has 0 aromatic carbocycles. The van der Waals surface area contributed by atoms with Crippen molar-refractivity contribution in [3.05, 3.63) is 23.8 Å². The standard InChI is InChI=1S/C8H12S/c9-7-3-6-8-4-1-2-5-8/h1-2,4,9H,3,5-7H2. The predicted molar refractivity (Wildman–Crippen MR) is 44.9 cm³/mol. The van der Waals surface area contributed by atoms with E-state index in [0.717, 1.165) is 5.75 Å². The van der Waals surface area contributed by atoms with E-state index in [4.69, 9.17) is 0 Å². The summed E-state index contributed by atoms with van der Waals surface area (Å²) >= 11 is 4.15. The first-order valence-corrected chi connectivity index (χ1v) is 4.02. The zero-order valence-corrected chi connectivity index (χ0v) is 6.40. The van der Waals surface area contributed by atoms with E-state index in [1.807, 2.05) is 0 Å². The van der Waals surface area contributed by atoms with Gasteiger partial charge in [-0.1, -0.05) is 23.8 Å². The Labute approximate surface area is 62.1 Å². The van der Waals surface area contributed by atoms with Gasteiger partial charge in [-0.25, -0.2) is 0 Å². The SMILES string of the molecule is SCCCC1=CC=CC1. The lowest BCUT2D eigenvalue weighted by atomic mass is 10.1. The van der Waals surface area contributed by atoms with E-state index < -0.39 is 0 Å². The van der Waals surface area contributed by atoms with Crippen LogP contribution in [0.2, 0.25) is 0 Å². The minimum Gasteiger partial charge on any atom is -0.179 e. The van der Waals surface area contributed by atoms with E-state index in [0.29, 0.717) is 0 Å². The lowest BCUT2D eigenvalue weighted by Gasteiger charge is -1.96. The largest absolute Gasteiger partial charge is 0.179 e. The normalized spacial score (nSPS) is 16.3. The highest BCUT2D eigenvalue weighted by Crippen LogP contribution is 2.15. The van der Waals surface area contributed by atoms with E-state index in [1.54, 1.807) is 5.57 Å². The molecule has 1 heteroatoms. The Morgan fingerprint density at radius 1 is 1.56 bits per heavy atom. The highest BCUT2D eigenvalue weighted by molar-refractivity contribution is 7.80. The number of hydrogen-bond acceptors (Lipinski definition) is 1. The van der Waals surface area contributed by atoms with Crippen LogP contribution in [0.1, 0.15) is 19.3 Å². The third-order valence-corrected chi connectivity index (χ3v) is 1.82. The van der Waals surface area contributed by atoms with Gasteiger partial charge < -0.3 is 0 Å². The first-order valence-electron chi connectivity index (χ1n) is 3.39. The monoisotopic (exact) mass is 140 g/mol. The molecule has 1 aliphatic rings. The third kappa shape index (κ3) is 2.27. The van der Waals surface area contributed by atoms with Gasteiger partial charge in [0.05, 0.1) is 0 Å². The molecule has 1 aliphatic carbocycles. The molecule has 0 aliphatic heterocycles. The highest BCUT2D eigenvalue weighted by Gasteiger charge is 1.96. The van der Waals surface area contributed by atoms with Gasteiger partial charge >= 0.3 is 0 Å². The van der Waals surface area contributed by atoms with Gasteiger partial charge in [0.25, 0.3) is 0 Å². The van der Waals surface area contributed by atoms with E-state index in [9.17, 15) is 0 Å². The van der Waals surface area contributed by atoms with Crippen LogP contribution in [-0.2, 0) is 0 Å². The van der Waals surface area contributed by atoms with Crippen LogP contribution in [0.15, 0.2) is 23.8 Å². The van der Waals surface area contributed by atoms with Crippen molar-refractivity contribution in [2.45, 2.75) is 19.3 Å². The summed E-state index contributed by atoms with van der Waals surface area (Å²) in [6, 6.07) is 0. The average Bonchev–Trinajstić information content (AvgIpc) is 2.34. The van der Waals surface area contributed by atoms with Gasteiger partial charge in [-0.3, -0.25) is 0 Å². The molecule has 9 heavy (non-hydrogen) atoms. The zero-order valence-electron chi connectivity index (χ0n) is 5.51. The highest BCUT2D eigenvalue weighted by atomic mass is 32.1. The van der Waals surface area contributed by atoms with Gasteiger partial charge in [0.1, 0.15) is 0 Å². The molecular weight excluding hydrogens is 128 g/mol. The molecule has 0 heterocycles. The third-order valence-electron chi connectivity index (χ3n) is 1.50. The molecular formula is C8H12S. The molecule has 0 unspecified atom stereocenters. The van der Waals surface area contributed by atoms with Crippen molar-refractivity contribution >= 4 is 12.6 Å². The molecule has 0 aromatic rings. The zero-order chi connectivity index (χ0) is 6.53. The van der Waals surface area contributed by atoms with Crippen LogP contribution in [0.5, 0.6) is 0 Å². The van der Waals surface area contributed by atoms with Gasteiger partial charge in [0.2, 0.25) is 0 Å². The lowest BCUT2D eigenvalue weighted by molar-refractivity contribution is 0.899. The molecule has 0 spiro atoms. The number of thiol groups is 1. The molecule has 50 valence electrons. The molecule has 1 rings (SSSR count). The van der Waals surface area contributed by atoms with Crippen molar-refractivity contribution < 1.29 is 0 Å². The fourth-order valence-electron chi connectivity index (χ4n) is 0.983. The van der Waals surface area contributed by atoms with Crippen LogP contribution in [0.4, 0.5) is 0 Å². The van der Waals surface area contributed by atoms with E-state index in [1.165, 1.54) is 19.3 Å². The van der Waals surface area contributed by atoms with Crippen LogP contribution in [0.3, 0.4) is 0 Å². The molecule has 0 saturated heterocycles. The van der Waals surface area contributed by atoms with Crippen molar-refractivity contribution in [3.63, 3.8) is 0 Å². The first-order chi connectivity index (χ1) is 4.43. The minimum absolute atomic E-state index is 1.01. The summed E-state index contributed by atoms with van der Waals surface area (Å²) in [5.74, 6) is 1.01. The van der Waals surface area contributed by atoms with Crippen molar-refractivity contribution in [2.24, 2.45) is 0 Å². The van der Waals surface area contributed by atoms with Crippen molar-refractivity contribution in [3.8, 4) is 0 Å².